The molecular weight excluding hydrogens is 321 g/mol. The third-order valence-corrected chi connectivity index (χ3v) is 2.48. The van der Waals surface area contributed by atoms with Gasteiger partial charge in [-0.2, -0.15) is 0 Å². The number of hydrogen-bond donors (Lipinski definition) is 2. The van der Waals surface area contributed by atoms with Gasteiger partial charge in [0.2, 0.25) is 5.91 Å². The van der Waals surface area contributed by atoms with Crippen LogP contribution in [0.3, 0.4) is 0 Å². The molecule has 0 saturated carbocycles. The fourth-order valence-electron chi connectivity index (χ4n) is 0.932. The zero-order valence-corrected chi connectivity index (χ0v) is 10.5. The Balaban J connectivity index is 2.78. The second-order valence-electron chi connectivity index (χ2n) is 2.88. The van der Waals surface area contributed by atoms with Gasteiger partial charge in [-0.3, -0.25) is 10.1 Å². The summed E-state index contributed by atoms with van der Waals surface area (Å²) < 4.78 is 26.1. The van der Waals surface area contributed by atoms with Crippen LogP contribution in [0.1, 0.15) is 0 Å². The zero-order chi connectivity index (χ0) is 13.0. The normalized spacial score (nSPS) is 9.88. The quantitative estimate of drug-likeness (QED) is 0.648. The number of anilines is 1. The van der Waals surface area contributed by atoms with E-state index in [1.807, 2.05) is 10.6 Å². The molecule has 1 rings (SSSR count). The Hall–Kier alpha value is -1.21. The molecule has 0 bridgehead atoms. The number of nitrogens with one attached hydrogen (secondary N) is 2. The lowest BCUT2D eigenvalue weighted by Crippen LogP contribution is -2.35. The zero-order valence-electron chi connectivity index (χ0n) is 8.19. The molecule has 0 fully saturated rings. The van der Waals surface area contributed by atoms with Crippen molar-refractivity contribution in [3.63, 3.8) is 0 Å². The van der Waals surface area contributed by atoms with Crippen molar-refractivity contribution in [1.29, 1.82) is 0 Å². The maximum Gasteiger partial charge on any atom is 0.325 e. The van der Waals surface area contributed by atoms with Gasteiger partial charge in [0.15, 0.2) is 0 Å². The fraction of sp³-hybridized carbons (Fsp3) is 0.111. The van der Waals surface area contributed by atoms with Crippen molar-refractivity contribution in [2.75, 3.05) is 11.2 Å². The number of alkyl halides is 1. The number of imide groups is 1. The number of rotatable bonds is 2. The Kier molecular flexibility index (Phi) is 4.83. The molecule has 2 N–H and O–H groups in total. The van der Waals surface area contributed by atoms with Crippen LogP contribution in [0.2, 0.25) is 0 Å². The maximum atomic E-state index is 13.2. The molecule has 0 radical (unpaired) electrons. The third-order valence-electron chi connectivity index (χ3n) is 1.63. The summed E-state index contributed by atoms with van der Waals surface area (Å²) in [6.45, 7) is 0. The lowest BCUT2D eigenvalue weighted by molar-refractivity contribution is -0.117. The van der Waals surface area contributed by atoms with Crippen LogP contribution >= 0.6 is 27.5 Å². The van der Waals surface area contributed by atoms with Crippen LogP contribution in [0.15, 0.2) is 16.6 Å². The predicted octanol–water partition coefficient (Wildman–Crippen LogP) is 2.61. The van der Waals surface area contributed by atoms with Gasteiger partial charge in [-0.05, 0) is 22.0 Å². The van der Waals surface area contributed by atoms with Gasteiger partial charge in [0, 0.05) is 6.07 Å². The monoisotopic (exact) mass is 326 g/mol. The summed E-state index contributed by atoms with van der Waals surface area (Å²) in [6, 6.07) is 0.687. The molecule has 0 aliphatic rings. The molecule has 1 aromatic carbocycles. The van der Waals surface area contributed by atoms with Gasteiger partial charge in [-0.15, -0.1) is 11.6 Å². The molecule has 0 heterocycles. The number of carbonyl (C=O) groups is 2. The van der Waals surface area contributed by atoms with Crippen molar-refractivity contribution in [1.82, 2.24) is 5.32 Å². The van der Waals surface area contributed by atoms with Gasteiger partial charge in [-0.25, -0.2) is 13.6 Å². The first-order chi connectivity index (χ1) is 7.93. The van der Waals surface area contributed by atoms with Gasteiger partial charge in [0.25, 0.3) is 0 Å². The molecule has 0 saturated heterocycles. The standard InChI is InChI=1S/C9H6BrClF2N2O2/c10-4-1-7(6(13)2-5(4)12)14-9(17)15-8(16)3-11/h1-2H,3H2,(H2,14,15,16,17). The molecule has 4 nitrogen and oxygen atoms in total. The van der Waals surface area contributed by atoms with Crippen LogP contribution in [0.25, 0.3) is 0 Å². The smallest absolute Gasteiger partial charge is 0.305 e. The number of amides is 3. The van der Waals surface area contributed by atoms with Crippen LogP contribution in [0.5, 0.6) is 0 Å². The molecule has 3 amide bonds. The summed E-state index contributed by atoms with van der Waals surface area (Å²) in [6.07, 6.45) is 0. The molecule has 0 atom stereocenters. The number of hydrogen-bond acceptors (Lipinski definition) is 2. The van der Waals surface area contributed by atoms with E-state index < -0.39 is 29.5 Å². The molecular formula is C9H6BrClF2N2O2. The number of carbonyl (C=O) groups excluding carboxylic acids is 2. The maximum absolute atomic E-state index is 13.2. The first-order valence-corrected chi connectivity index (χ1v) is 5.58. The highest BCUT2D eigenvalue weighted by molar-refractivity contribution is 9.10. The van der Waals surface area contributed by atoms with E-state index in [-0.39, 0.29) is 10.2 Å². The van der Waals surface area contributed by atoms with Crippen molar-refractivity contribution < 1.29 is 18.4 Å². The third kappa shape index (κ3) is 3.94. The van der Waals surface area contributed by atoms with Crippen molar-refractivity contribution in [3.05, 3.63) is 28.2 Å². The van der Waals surface area contributed by atoms with Crippen LogP contribution < -0.4 is 10.6 Å². The van der Waals surface area contributed by atoms with E-state index in [0.29, 0.717) is 6.07 Å². The summed E-state index contributed by atoms with van der Waals surface area (Å²) in [7, 11) is 0. The summed E-state index contributed by atoms with van der Waals surface area (Å²) in [4.78, 5) is 21.9. The Bertz CT molecular complexity index is 471. The van der Waals surface area contributed by atoms with E-state index in [9.17, 15) is 18.4 Å². The fourth-order valence-corrected chi connectivity index (χ4v) is 1.34. The molecule has 92 valence electrons. The highest BCUT2D eigenvalue weighted by Crippen LogP contribution is 2.23. The molecule has 0 aliphatic carbocycles. The van der Waals surface area contributed by atoms with Gasteiger partial charge < -0.3 is 5.32 Å². The molecule has 0 unspecified atom stereocenters. The summed E-state index contributed by atoms with van der Waals surface area (Å²) in [5, 5.41) is 3.89. The molecule has 0 aliphatic heterocycles. The number of urea groups is 1. The second kappa shape index (κ2) is 5.92. The average molecular weight is 328 g/mol. The lowest BCUT2D eigenvalue weighted by atomic mass is 10.3. The summed E-state index contributed by atoms with van der Waals surface area (Å²) >= 11 is 7.99. The molecule has 0 aromatic heterocycles. The number of benzene rings is 1. The summed E-state index contributed by atoms with van der Waals surface area (Å²) in [5.41, 5.74) is -0.266. The minimum Gasteiger partial charge on any atom is -0.305 e. The van der Waals surface area contributed by atoms with Gasteiger partial charge >= 0.3 is 6.03 Å². The first-order valence-electron chi connectivity index (χ1n) is 4.25. The molecule has 17 heavy (non-hydrogen) atoms. The van der Waals surface area contributed by atoms with Crippen molar-refractivity contribution in [3.8, 4) is 0 Å². The van der Waals surface area contributed by atoms with Crippen LogP contribution in [0, 0.1) is 11.6 Å². The molecule has 1 aromatic rings. The second-order valence-corrected chi connectivity index (χ2v) is 4.00. The molecule has 8 heteroatoms. The predicted molar refractivity (Wildman–Crippen MR) is 61.9 cm³/mol. The van der Waals surface area contributed by atoms with Crippen LogP contribution in [0.4, 0.5) is 19.3 Å². The minimum atomic E-state index is -0.959. The van der Waals surface area contributed by atoms with Gasteiger partial charge in [-0.1, -0.05) is 0 Å². The van der Waals surface area contributed by atoms with Crippen LogP contribution in [-0.4, -0.2) is 17.8 Å². The Morgan fingerprint density at radius 3 is 2.53 bits per heavy atom. The minimum absolute atomic E-state index is 0.0159. The average Bonchev–Trinajstić information content (AvgIpc) is 2.25. The largest absolute Gasteiger partial charge is 0.325 e. The summed E-state index contributed by atoms with van der Waals surface area (Å²) in [5.74, 6) is -2.89. The van der Waals surface area contributed by atoms with Crippen molar-refractivity contribution in [2.24, 2.45) is 0 Å². The Morgan fingerprint density at radius 2 is 1.94 bits per heavy atom. The van der Waals surface area contributed by atoms with E-state index >= 15 is 0 Å². The van der Waals surface area contributed by atoms with E-state index in [0.717, 1.165) is 6.07 Å². The van der Waals surface area contributed by atoms with Crippen LogP contribution in [-0.2, 0) is 4.79 Å². The highest BCUT2D eigenvalue weighted by Gasteiger charge is 2.12. The van der Waals surface area contributed by atoms with E-state index in [4.69, 9.17) is 11.6 Å². The van der Waals surface area contributed by atoms with E-state index in [1.165, 1.54) is 0 Å². The molecule has 0 spiro atoms. The van der Waals surface area contributed by atoms with E-state index in [2.05, 4.69) is 15.9 Å². The van der Waals surface area contributed by atoms with Gasteiger partial charge in [0.1, 0.15) is 17.5 Å². The Labute approximate surface area is 108 Å². The van der Waals surface area contributed by atoms with Crippen molar-refractivity contribution in [2.45, 2.75) is 0 Å². The van der Waals surface area contributed by atoms with E-state index in [1.54, 1.807) is 0 Å². The SMILES string of the molecule is O=C(CCl)NC(=O)Nc1cc(Br)c(F)cc1F. The highest BCUT2D eigenvalue weighted by atomic mass is 79.9. The topological polar surface area (TPSA) is 58.2 Å². The lowest BCUT2D eigenvalue weighted by Gasteiger charge is -2.07. The Morgan fingerprint density at radius 1 is 1.29 bits per heavy atom. The van der Waals surface area contributed by atoms with Gasteiger partial charge in [0.05, 0.1) is 10.2 Å². The first kappa shape index (κ1) is 13.9. The van der Waals surface area contributed by atoms with Crippen molar-refractivity contribution >= 4 is 45.2 Å². The number of halogens is 4.